The van der Waals surface area contributed by atoms with Crippen LogP contribution in [-0.2, 0) is 26.9 Å². The molecule has 1 fully saturated rings. The van der Waals surface area contributed by atoms with Gasteiger partial charge < -0.3 is 10.4 Å². The number of hydrogen-bond acceptors (Lipinski definition) is 5. The van der Waals surface area contributed by atoms with Crippen molar-refractivity contribution in [3.63, 3.8) is 0 Å². The highest BCUT2D eigenvalue weighted by atomic mass is 32.2. The molecule has 1 aliphatic heterocycles. The van der Waals surface area contributed by atoms with Gasteiger partial charge in [-0.2, -0.15) is 5.10 Å². The highest BCUT2D eigenvalue weighted by Gasteiger charge is 2.29. The topological polar surface area (TPSA) is 84.2 Å². The number of aliphatic hydroxyl groups excluding tert-OH is 1. The summed E-state index contributed by atoms with van der Waals surface area (Å²) in [7, 11) is -3.01. The second-order valence-electron chi connectivity index (χ2n) is 8.84. The van der Waals surface area contributed by atoms with E-state index in [1.807, 2.05) is 22.9 Å². The van der Waals surface area contributed by atoms with Crippen LogP contribution in [0.25, 0.3) is 0 Å². The molecule has 6 nitrogen and oxygen atoms in total. The minimum absolute atomic E-state index is 0.113. The SMILES string of the molecule is CC(C)(C)n1nc([C@H]2CC[C@@H](O)C2)cc1Nc1ccc2c(c1)CS(=O)(=O)C2. The molecule has 0 amide bonds. The highest BCUT2D eigenvalue weighted by molar-refractivity contribution is 7.90. The van der Waals surface area contributed by atoms with E-state index in [0.29, 0.717) is 0 Å². The predicted octanol–water partition coefficient (Wildman–Crippen LogP) is 3.44. The van der Waals surface area contributed by atoms with Crippen LogP contribution in [0.3, 0.4) is 0 Å². The van der Waals surface area contributed by atoms with Gasteiger partial charge in [0.05, 0.1) is 28.8 Å². The number of sulfone groups is 1. The van der Waals surface area contributed by atoms with Crippen molar-refractivity contribution in [2.24, 2.45) is 0 Å². The summed E-state index contributed by atoms with van der Waals surface area (Å²) in [5, 5.41) is 18.1. The van der Waals surface area contributed by atoms with Crippen molar-refractivity contribution < 1.29 is 13.5 Å². The van der Waals surface area contributed by atoms with Crippen LogP contribution < -0.4 is 5.32 Å². The number of nitrogens with zero attached hydrogens (tertiary/aromatic N) is 2. The lowest BCUT2D eigenvalue weighted by molar-refractivity contribution is 0.181. The van der Waals surface area contributed by atoms with E-state index in [1.165, 1.54) is 0 Å². The molecule has 1 aromatic carbocycles. The van der Waals surface area contributed by atoms with Crippen LogP contribution in [-0.4, -0.2) is 29.4 Å². The summed E-state index contributed by atoms with van der Waals surface area (Å²) in [5.74, 6) is 1.42. The van der Waals surface area contributed by atoms with Gasteiger partial charge in [-0.3, -0.25) is 0 Å². The average Bonchev–Trinajstić information content (AvgIpc) is 3.22. The first-order chi connectivity index (χ1) is 12.6. The number of aliphatic hydroxyl groups is 1. The molecule has 0 spiro atoms. The van der Waals surface area contributed by atoms with Crippen molar-refractivity contribution in [3.05, 3.63) is 41.1 Å². The maximum Gasteiger partial charge on any atom is 0.158 e. The van der Waals surface area contributed by atoms with Crippen LogP contribution in [0, 0.1) is 0 Å². The van der Waals surface area contributed by atoms with Crippen LogP contribution in [0.2, 0.25) is 0 Å². The zero-order valence-corrected chi connectivity index (χ0v) is 16.9. The minimum Gasteiger partial charge on any atom is -0.393 e. The molecule has 2 aromatic rings. The van der Waals surface area contributed by atoms with E-state index >= 15 is 0 Å². The first-order valence-electron chi connectivity index (χ1n) is 9.48. The van der Waals surface area contributed by atoms with Crippen molar-refractivity contribution in [2.45, 2.75) is 69.1 Å². The summed E-state index contributed by atoms with van der Waals surface area (Å²) in [6.07, 6.45) is 2.31. The van der Waals surface area contributed by atoms with Gasteiger partial charge in [-0.25, -0.2) is 13.1 Å². The molecule has 0 bridgehead atoms. The van der Waals surface area contributed by atoms with Gasteiger partial charge in [0.1, 0.15) is 5.82 Å². The first kappa shape index (κ1) is 18.5. The third-order valence-electron chi connectivity index (χ3n) is 5.42. The second-order valence-corrected chi connectivity index (χ2v) is 10.9. The van der Waals surface area contributed by atoms with Gasteiger partial charge in [0.2, 0.25) is 0 Å². The monoisotopic (exact) mass is 389 g/mol. The zero-order chi connectivity index (χ0) is 19.4. The Kier molecular flexibility index (Phi) is 4.35. The van der Waals surface area contributed by atoms with Crippen LogP contribution in [0.4, 0.5) is 11.5 Å². The zero-order valence-electron chi connectivity index (χ0n) is 16.1. The van der Waals surface area contributed by atoms with Crippen LogP contribution in [0.1, 0.15) is 62.8 Å². The molecule has 0 unspecified atom stereocenters. The van der Waals surface area contributed by atoms with Gasteiger partial charge in [-0.1, -0.05) is 6.07 Å². The summed E-state index contributed by atoms with van der Waals surface area (Å²) in [6, 6.07) is 7.82. The van der Waals surface area contributed by atoms with E-state index in [9.17, 15) is 13.5 Å². The molecule has 7 heteroatoms. The molecule has 2 N–H and O–H groups in total. The summed E-state index contributed by atoms with van der Waals surface area (Å²) < 4.78 is 25.7. The number of aromatic nitrogens is 2. The molecule has 1 aromatic heterocycles. The molecule has 2 atom stereocenters. The Morgan fingerprint density at radius 3 is 2.56 bits per heavy atom. The summed E-state index contributed by atoms with van der Waals surface area (Å²) in [6.45, 7) is 6.31. The average molecular weight is 390 g/mol. The fourth-order valence-corrected chi connectivity index (χ4v) is 5.68. The summed E-state index contributed by atoms with van der Waals surface area (Å²) >= 11 is 0. The van der Waals surface area contributed by atoms with E-state index in [0.717, 1.165) is 47.6 Å². The van der Waals surface area contributed by atoms with Crippen molar-refractivity contribution in [1.29, 1.82) is 0 Å². The molecule has 0 radical (unpaired) electrons. The van der Waals surface area contributed by atoms with Gasteiger partial charge >= 0.3 is 0 Å². The van der Waals surface area contributed by atoms with Gasteiger partial charge in [-0.05, 0) is 63.3 Å². The Morgan fingerprint density at radius 1 is 1.15 bits per heavy atom. The largest absolute Gasteiger partial charge is 0.393 e. The fourth-order valence-electron chi connectivity index (χ4n) is 4.08. The van der Waals surface area contributed by atoms with E-state index < -0.39 is 9.84 Å². The quantitative estimate of drug-likeness (QED) is 0.840. The third kappa shape index (κ3) is 3.75. The van der Waals surface area contributed by atoms with Gasteiger partial charge in [0.15, 0.2) is 9.84 Å². The molecular formula is C20H27N3O3S. The predicted molar refractivity (Wildman–Crippen MR) is 106 cm³/mol. The fraction of sp³-hybridized carbons (Fsp3) is 0.550. The maximum absolute atomic E-state index is 11.9. The minimum atomic E-state index is -3.01. The summed E-state index contributed by atoms with van der Waals surface area (Å²) in [4.78, 5) is 0. The van der Waals surface area contributed by atoms with E-state index in [1.54, 1.807) is 0 Å². The second kappa shape index (κ2) is 6.34. The number of hydrogen-bond donors (Lipinski definition) is 2. The smallest absolute Gasteiger partial charge is 0.158 e. The Balaban J connectivity index is 1.65. The van der Waals surface area contributed by atoms with E-state index in [4.69, 9.17) is 5.10 Å². The Bertz CT molecular complexity index is 973. The molecule has 146 valence electrons. The molecule has 2 aliphatic rings. The molecule has 27 heavy (non-hydrogen) atoms. The molecule has 2 heterocycles. The lowest BCUT2D eigenvalue weighted by Gasteiger charge is -2.23. The normalized spacial score (nSPS) is 24.1. The number of anilines is 2. The third-order valence-corrected chi connectivity index (χ3v) is 6.92. The molecule has 1 saturated carbocycles. The van der Waals surface area contributed by atoms with E-state index in [2.05, 4.69) is 32.2 Å². The standard InChI is InChI=1S/C20H27N3O3S/c1-20(2,3)23-19(10-18(22-23)13-5-7-17(24)9-13)21-16-6-4-14-11-27(25,26)12-15(14)8-16/h4,6,8,10,13,17,21,24H,5,7,9,11-12H2,1-3H3/t13-,17+/m0/s1. The van der Waals surface area contributed by atoms with Crippen LogP contribution >= 0.6 is 0 Å². The molecule has 4 rings (SSSR count). The van der Waals surface area contributed by atoms with Gasteiger partial charge in [-0.15, -0.1) is 0 Å². The lowest BCUT2D eigenvalue weighted by atomic mass is 10.0. The van der Waals surface area contributed by atoms with E-state index in [-0.39, 0.29) is 29.1 Å². The number of benzene rings is 1. The Labute approximate surface area is 160 Å². The number of fused-ring (bicyclic) bond motifs is 1. The number of rotatable bonds is 3. The maximum atomic E-state index is 11.9. The lowest BCUT2D eigenvalue weighted by Crippen LogP contribution is -2.24. The Morgan fingerprint density at radius 2 is 1.89 bits per heavy atom. The van der Waals surface area contributed by atoms with Crippen LogP contribution in [0.15, 0.2) is 24.3 Å². The molecule has 0 saturated heterocycles. The summed E-state index contributed by atoms with van der Waals surface area (Å²) in [5.41, 5.74) is 3.45. The first-order valence-corrected chi connectivity index (χ1v) is 11.3. The highest BCUT2D eigenvalue weighted by Crippen LogP contribution is 2.37. The Hall–Kier alpha value is -1.86. The van der Waals surface area contributed by atoms with Gasteiger partial charge in [0, 0.05) is 17.7 Å². The van der Waals surface area contributed by atoms with Crippen molar-refractivity contribution in [1.82, 2.24) is 9.78 Å². The van der Waals surface area contributed by atoms with Crippen molar-refractivity contribution in [2.75, 3.05) is 5.32 Å². The van der Waals surface area contributed by atoms with Crippen LogP contribution in [0.5, 0.6) is 0 Å². The van der Waals surface area contributed by atoms with Crippen molar-refractivity contribution >= 4 is 21.3 Å². The van der Waals surface area contributed by atoms with Gasteiger partial charge in [0.25, 0.3) is 0 Å². The molecule has 1 aliphatic carbocycles. The molecular weight excluding hydrogens is 362 g/mol. The number of nitrogens with one attached hydrogen (secondary N) is 1. The van der Waals surface area contributed by atoms with Crippen molar-refractivity contribution in [3.8, 4) is 0 Å².